The van der Waals surface area contributed by atoms with Crippen LogP contribution >= 0.6 is 27.5 Å². The summed E-state index contributed by atoms with van der Waals surface area (Å²) in [6.07, 6.45) is -0.606. The van der Waals surface area contributed by atoms with E-state index >= 15 is 0 Å². The van der Waals surface area contributed by atoms with E-state index < -0.39 is 6.10 Å². The van der Waals surface area contributed by atoms with Gasteiger partial charge in [0, 0.05) is 9.86 Å². The van der Waals surface area contributed by atoms with Crippen LogP contribution in [-0.2, 0) is 0 Å². The van der Waals surface area contributed by atoms with Gasteiger partial charge in [0.05, 0.1) is 22.3 Å². The molecule has 0 aliphatic carbocycles. The van der Waals surface area contributed by atoms with Gasteiger partial charge in [-0.05, 0) is 25.1 Å². The predicted molar refractivity (Wildman–Crippen MR) is 65.1 cm³/mol. The maximum Gasteiger partial charge on any atom is 0.0932 e. The molecule has 1 aromatic heterocycles. The topological polar surface area (TPSA) is 33.1 Å². The number of hydrogen-bond donors (Lipinski definition) is 1. The molecular weight excluding hydrogens is 277 g/mol. The summed E-state index contributed by atoms with van der Waals surface area (Å²) in [6.45, 7) is 1.67. The molecule has 0 unspecified atom stereocenters. The molecule has 1 heterocycles. The number of aliphatic hydroxyl groups excluding tert-OH is 1. The molecular formula is C11H9BrClNO. The Labute approximate surface area is 101 Å². The number of benzene rings is 1. The Morgan fingerprint density at radius 1 is 1.40 bits per heavy atom. The molecule has 78 valence electrons. The highest BCUT2D eigenvalue weighted by atomic mass is 79.9. The lowest BCUT2D eigenvalue weighted by Crippen LogP contribution is -1.96. The van der Waals surface area contributed by atoms with Crippen LogP contribution in [0.2, 0.25) is 5.02 Å². The monoisotopic (exact) mass is 285 g/mol. The summed E-state index contributed by atoms with van der Waals surface area (Å²) in [5.41, 5.74) is 1.37. The summed E-state index contributed by atoms with van der Waals surface area (Å²) in [5, 5.41) is 11.0. The number of nitrogens with zero attached hydrogens (tertiary/aromatic N) is 1. The van der Waals surface area contributed by atoms with Crippen LogP contribution in [0.3, 0.4) is 0 Å². The third-order valence-corrected chi connectivity index (χ3v) is 2.98. The van der Waals surface area contributed by atoms with Gasteiger partial charge in [0.25, 0.3) is 0 Å². The van der Waals surface area contributed by atoms with Crippen molar-refractivity contribution in [2.24, 2.45) is 0 Å². The Bertz CT molecular complexity index is 513. The van der Waals surface area contributed by atoms with Crippen LogP contribution in [0.5, 0.6) is 0 Å². The van der Waals surface area contributed by atoms with E-state index in [4.69, 9.17) is 11.6 Å². The largest absolute Gasteiger partial charge is 0.387 e. The summed E-state index contributed by atoms with van der Waals surface area (Å²) >= 11 is 9.47. The molecule has 0 spiro atoms. The second kappa shape index (κ2) is 4.08. The number of pyridine rings is 1. The molecule has 2 aromatic rings. The minimum absolute atomic E-state index is 0.589. The van der Waals surface area contributed by atoms with Crippen LogP contribution in [0.1, 0.15) is 18.7 Å². The lowest BCUT2D eigenvalue weighted by Gasteiger charge is -2.07. The van der Waals surface area contributed by atoms with Crippen LogP contribution in [0.15, 0.2) is 28.7 Å². The lowest BCUT2D eigenvalue weighted by molar-refractivity contribution is 0.195. The number of halogens is 2. The smallest absolute Gasteiger partial charge is 0.0932 e. The van der Waals surface area contributed by atoms with Crippen LogP contribution in [0.4, 0.5) is 0 Å². The molecule has 0 aliphatic heterocycles. The molecule has 1 aromatic carbocycles. The summed E-state index contributed by atoms with van der Waals surface area (Å²) in [7, 11) is 0. The minimum atomic E-state index is -0.606. The van der Waals surface area contributed by atoms with Crippen molar-refractivity contribution in [2.75, 3.05) is 0 Å². The van der Waals surface area contributed by atoms with Gasteiger partial charge < -0.3 is 5.11 Å². The Kier molecular flexibility index (Phi) is 2.96. The Balaban J connectivity index is 2.74. The van der Waals surface area contributed by atoms with Crippen LogP contribution < -0.4 is 0 Å². The van der Waals surface area contributed by atoms with E-state index in [2.05, 4.69) is 20.9 Å². The Morgan fingerprint density at radius 2 is 2.13 bits per heavy atom. The summed E-state index contributed by atoms with van der Waals surface area (Å²) < 4.78 is 0.946. The zero-order valence-corrected chi connectivity index (χ0v) is 10.4. The van der Waals surface area contributed by atoms with Crippen molar-refractivity contribution < 1.29 is 5.11 Å². The fraction of sp³-hybridized carbons (Fsp3) is 0.182. The van der Waals surface area contributed by atoms with Gasteiger partial charge in [-0.1, -0.05) is 33.6 Å². The SMILES string of the molecule is C[C@@H](O)c1cc(Cl)c2ccc(Br)cc2n1. The standard InChI is InChI=1S/C11H9BrClNO/c1-6(15)10-5-9(13)8-3-2-7(12)4-11(8)14-10/h2-6,15H,1H3/t6-/m1/s1. The molecule has 2 nitrogen and oxygen atoms in total. The fourth-order valence-electron chi connectivity index (χ4n) is 1.39. The number of aromatic nitrogens is 1. The first-order valence-corrected chi connectivity index (χ1v) is 5.69. The summed E-state index contributed by atoms with van der Waals surface area (Å²) in [4.78, 5) is 4.33. The summed E-state index contributed by atoms with van der Waals surface area (Å²) in [5.74, 6) is 0. The third-order valence-electron chi connectivity index (χ3n) is 2.17. The van der Waals surface area contributed by atoms with Gasteiger partial charge in [-0.2, -0.15) is 0 Å². The predicted octanol–water partition coefficient (Wildman–Crippen LogP) is 3.70. The number of hydrogen-bond acceptors (Lipinski definition) is 2. The molecule has 2 rings (SSSR count). The molecule has 1 N–H and O–H groups in total. The van der Waals surface area contributed by atoms with E-state index in [-0.39, 0.29) is 0 Å². The maximum atomic E-state index is 9.44. The fourth-order valence-corrected chi connectivity index (χ4v) is 2.01. The van der Waals surface area contributed by atoms with Gasteiger partial charge in [-0.25, -0.2) is 4.98 Å². The highest BCUT2D eigenvalue weighted by Gasteiger charge is 2.08. The average Bonchev–Trinajstić information content (AvgIpc) is 2.16. The molecule has 0 saturated heterocycles. The molecule has 1 atom stereocenters. The van der Waals surface area contributed by atoms with Gasteiger partial charge >= 0.3 is 0 Å². The number of rotatable bonds is 1. The van der Waals surface area contributed by atoms with Gasteiger partial charge in [0.2, 0.25) is 0 Å². The quantitative estimate of drug-likeness (QED) is 0.867. The minimum Gasteiger partial charge on any atom is -0.387 e. The van der Waals surface area contributed by atoms with E-state index in [1.54, 1.807) is 13.0 Å². The van der Waals surface area contributed by atoms with Crippen molar-refractivity contribution in [1.29, 1.82) is 0 Å². The number of fused-ring (bicyclic) bond motifs is 1. The first kappa shape index (κ1) is 10.9. The van der Waals surface area contributed by atoms with E-state index in [9.17, 15) is 5.11 Å². The van der Waals surface area contributed by atoms with E-state index in [0.29, 0.717) is 10.7 Å². The zero-order valence-electron chi connectivity index (χ0n) is 8.04. The van der Waals surface area contributed by atoms with Gasteiger partial charge in [-0.3, -0.25) is 0 Å². The van der Waals surface area contributed by atoms with Crippen molar-refractivity contribution in [3.8, 4) is 0 Å². The van der Waals surface area contributed by atoms with E-state index in [1.165, 1.54) is 0 Å². The van der Waals surface area contributed by atoms with Gasteiger partial charge in [0.1, 0.15) is 0 Å². The average molecular weight is 287 g/mol. The molecule has 4 heteroatoms. The maximum absolute atomic E-state index is 9.44. The highest BCUT2D eigenvalue weighted by molar-refractivity contribution is 9.10. The normalized spacial score (nSPS) is 13.1. The zero-order chi connectivity index (χ0) is 11.0. The molecule has 0 bridgehead atoms. The molecule has 0 aliphatic rings. The van der Waals surface area contributed by atoms with Crippen molar-refractivity contribution in [3.05, 3.63) is 39.5 Å². The second-order valence-corrected chi connectivity index (χ2v) is 4.69. The van der Waals surface area contributed by atoms with Crippen molar-refractivity contribution in [3.63, 3.8) is 0 Å². The lowest BCUT2D eigenvalue weighted by atomic mass is 10.1. The van der Waals surface area contributed by atoms with Gasteiger partial charge in [-0.15, -0.1) is 0 Å². The molecule has 0 fully saturated rings. The molecule has 0 saturated carbocycles. The number of aliphatic hydroxyl groups is 1. The summed E-state index contributed by atoms with van der Waals surface area (Å²) in [6, 6.07) is 7.40. The second-order valence-electron chi connectivity index (χ2n) is 3.37. The van der Waals surface area contributed by atoms with Crippen LogP contribution in [0, 0.1) is 0 Å². The van der Waals surface area contributed by atoms with Crippen molar-refractivity contribution in [2.45, 2.75) is 13.0 Å². The molecule has 0 amide bonds. The Hall–Kier alpha value is -0.640. The van der Waals surface area contributed by atoms with E-state index in [0.717, 1.165) is 15.4 Å². The van der Waals surface area contributed by atoms with Crippen LogP contribution in [0.25, 0.3) is 10.9 Å². The van der Waals surface area contributed by atoms with Crippen molar-refractivity contribution >= 4 is 38.4 Å². The highest BCUT2D eigenvalue weighted by Crippen LogP contribution is 2.27. The van der Waals surface area contributed by atoms with Crippen molar-refractivity contribution in [1.82, 2.24) is 4.98 Å². The third kappa shape index (κ3) is 2.14. The molecule has 0 radical (unpaired) electrons. The van der Waals surface area contributed by atoms with Gasteiger partial charge in [0.15, 0.2) is 0 Å². The first-order chi connectivity index (χ1) is 7.08. The first-order valence-electron chi connectivity index (χ1n) is 4.51. The van der Waals surface area contributed by atoms with E-state index in [1.807, 2.05) is 18.2 Å². The Morgan fingerprint density at radius 3 is 2.80 bits per heavy atom. The molecule has 15 heavy (non-hydrogen) atoms. The van der Waals surface area contributed by atoms with Crippen LogP contribution in [-0.4, -0.2) is 10.1 Å².